The normalized spacial score (nSPS) is 28.2. The number of rotatable bonds is 5. The molecule has 1 aliphatic heterocycles. The number of benzene rings is 1. The largest absolute Gasteiger partial charge is 0.374 e. The highest BCUT2D eigenvalue weighted by Gasteiger charge is 2.30. The molecule has 1 unspecified atom stereocenters. The topological polar surface area (TPSA) is 57.2 Å². The molecular formula is C13H18O5. The summed E-state index contributed by atoms with van der Waals surface area (Å²) in [5.41, 5.74) is 1.10. The van der Waals surface area contributed by atoms with Crippen LogP contribution >= 0.6 is 0 Å². The molecule has 0 radical (unpaired) electrons. The van der Waals surface area contributed by atoms with Gasteiger partial charge in [0.25, 0.3) is 0 Å². The summed E-state index contributed by atoms with van der Waals surface area (Å²) < 4.78 is 21.0. The van der Waals surface area contributed by atoms with E-state index in [4.69, 9.17) is 18.9 Å². The fourth-order valence-electron chi connectivity index (χ4n) is 1.74. The first kappa shape index (κ1) is 13.5. The van der Waals surface area contributed by atoms with Crippen LogP contribution in [0.3, 0.4) is 0 Å². The fraction of sp³-hybridized carbons (Fsp3) is 0.538. The summed E-state index contributed by atoms with van der Waals surface area (Å²) >= 11 is 0. The van der Waals surface area contributed by atoms with Crippen LogP contribution in [0.1, 0.15) is 5.56 Å². The minimum atomic E-state index is -1.06. The Morgan fingerprint density at radius 1 is 1.33 bits per heavy atom. The Balaban J connectivity index is 1.69. The van der Waals surface area contributed by atoms with Crippen molar-refractivity contribution in [1.29, 1.82) is 0 Å². The minimum absolute atomic E-state index is 0.268. The molecule has 0 saturated carbocycles. The molecule has 0 spiro atoms. The fourth-order valence-corrected chi connectivity index (χ4v) is 1.74. The van der Waals surface area contributed by atoms with E-state index in [0.29, 0.717) is 19.8 Å². The Kier molecular flexibility index (Phi) is 5.10. The number of hydrogen-bond donors (Lipinski definition) is 1. The lowest BCUT2D eigenvalue weighted by molar-refractivity contribution is -0.326. The number of ether oxygens (including phenoxy) is 4. The van der Waals surface area contributed by atoms with Crippen LogP contribution in [0.15, 0.2) is 30.3 Å². The Bertz CT molecular complexity index is 342. The van der Waals surface area contributed by atoms with Crippen molar-refractivity contribution >= 4 is 0 Å². The van der Waals surface area contributed by atoms with Crippen molar-refractivity contribution in [2.45, 2.75) is 25.3 Å². The van der Waals surface area contributed by atoms with Gasteiger partial charge in [0.05, 0.1) is 19.8 Å². The van der Waals surface area contributed by atoms with Crippen LogP contribution in [0.4, 0.5) is 0 Å². The van der Waals surface area contributed by atoms with Gasteiger partial charge >= 0.3 is 0 Å². The third-order valence-corrected chi connectivity index (χ3v) is 2.66. The van der Waals surface area contributed by atoms with E-state index in [2.05, 4.69) is 0 Å². The van der Waals surface area contributed by atoms with Crippen molar-refractivity contribution in [2.24, 2.45) is 0 Å². The SMILES string of the molecule is CO[C@H]1OC[C@H](COCc2ccccc2)OC1O. The van der Waals surface area contributed by atoms with E-state index in [0.717, 1.165) is 5.56 Å². The van der Waals surface area contributed by atoms with Gasteiger partial charge in [-0.3, -0.25) is 0 Å². The molecule has 0 aliphatic carbocycles. The zero-order chi connectivity index (χ0) is 12.8. The van der Waals surface area contributed by atoms with Crippen molar-refractivity contribution in [3.63, 3.8) is 0 Å². The van der Waals surface area contributed by atoms with E-state index in [1.165, 1.54) is 7.11 Å². The van der Waals surface area contributed by atoms with E-state index in [9.17, 15) is 5.11 Å². The molecule has 1 aromatic rings. The molecule has 100 valence electrons. The van der Waals surface area contributed by atoms with Crippen molar-refractivity contribution in [3.05, 3.63) is 35.9 Å². The van der Waals surface area contributed by atoms with Gasteiger partial charge in [0, 0.05) is 7.11 Å². The van der Waals surface area contributed by atoms with Crippen LogP contribution in [-0.2, 0) is 25.6 Å². The molecule has 2 rings (SSSR count). The maximum absolute atomic E-state index is 9.53. The second-order valence-electron chi connectivity index (χ2n) is 4.09. The number of hydrogen-bond acceptors (Lipinski definition) is 5. The van der Waals surface area contributed by atoms with Crippen LogP contribution < -0.4 is 0 Å². The van der Waals surface area contributed by atoms with Gasteiger partial charge < -0.3 is 24.1 Å². The maximum atomic E-state index is 9.53. The molecule has 1 aromatic carbocycles. The van der Waals surface area contributed by atoms with Crippen LogP contribution in [0, 0.1) is 0 Å². The molecule has 0 amide bonds. The van der Waals surface area contributed by atoms with Gasteiger partial charge in [0.2, 0.25) is 12.6 Å². The Hall–Kier alpha value is -0.980. The van der Waals surface area contributed by atoms with Gasteiger partial charge in [-0.05, 0) is 5.56 Å². The summed E-state index contributed by atoms with van der Waals surface area (Å²) in [7, 11) is 1.46. The molecule has 18 heavy (non-hydrogen) atoms. The molecule has 0 aromatic heterocycles. The Morgan fingerprint density at radius 3 is 2.78 bits per heavy atom. The number of methoxy groups -OCH3 is 1. The summed E-state index contributed by atoms with van der Waals surface area (Å²) in [6, 6.07) is 9.88. The number of aliphatic hydroxyl groups is 1. The Morgan fingerprint density at radius 2 is 2.11 bits per heavy atom. The van der Waals surface area contributed by atoms with Crippen LogP contribution in [-0.4, -0.2) is 44.1 Å². The van der Waals surface area contributed by atoms with E-state index >= 15 is 0 Å². The first-order valence-corrected chi connectivity index (χ1v) is 5.89. The summed E-state index contributed by atoms with van der Waals surface area (Å²) in [5, 5.41) is 9.53. The third-order valence-electron chi connectivity index (χ3n) is 2.66. The molecule has 0 bridgehead atoms. The molecule has 3 atom stereocenters. The van der Waals surface area contributed by atoms with E-state index < -0.39 is 12.6 Å². The predicted octanol–water partition coefficient (Wildman–Crippen LogP) is 0.909. The second-order valence-corrected chi connectivity index (χ2v) is 4.09. The molecular weight excluding hydrogens is 236 g/mol. The molecule has 1 fully saturated rings. The molecule has 5 heteroatoms. The first-order valence-electron chi connectivity index (χ1n) is 5.89. The van der Waals surface area contributed by atoms with Crippen molar-refractivity contribution in [1.82, 2.24) is 0 Å². The van der Waals surface area contributed by atoms with E-state index in [-0.39, 0.29) is 6.10 Å². The predicted molar refractivity (Wildman–Crippen MR) is 63.7 cm³/mol. The zero-order valence-electron chi connectivity index (χ0n) is 10.3. The van der Waals surface area contributed by atoms with Gasteiger partial charge in [-0.15, -0.1) is 0 Å². The molecule has 5 nitrogen and oxygen atoms in total. The lowest BCUT2D eigenvalue weighted by atomic mass is 10.2. The highest BCUT2D eigenvalue weighted by molar-refractivity contribution is 5.13. The second kappa shape index (κ2) is 6.82. The van der Waals surface area contributed by atoms with Gasteiger partial charge in [0.1, 0.15) is 6.10 Å². The van der Waals surface area contributed by atoms with E-state index in [1.807, 2.05) is 30.3 Å². The summed E-state index contributed by atoms with van der Waals surface area (Å²) in [5.74, 6) is 0. The summed E-state index contributed by atoms with van der Waals surface area (Å²) in [6.45, 7) is 1.25. The van der Waals surface area contributed by atoms with Crippen molar-refractivity contribution in [3.8, 4) is 0 Å². The lowest BCUT2D eigenvalue weighted by Gasteiger charge is -2.32. The van der Waals surface area contributed by atoms with Crippen molar-refractivity contribution < 1.29 is 24.1 Å². The smallest absolute Gasteiger partial charge is 0.209 e. The third kappa shape index (κ3) is 3.76. The Labute approximate surface area is 106 Å². The van der Waals surface area contributed by atoms with Gasteiger partial charge in [-0.25, -0.2) is 0 Å². The molecule has 1 saturated heterocycles. The van der Waals surface area contributed by atoms with E-state index in [1.54, 1.807) is 0 Å². The summed E-state index contributed by atoms with van der Waals surface area (Å²) in [6.07, 6.45) is -2.04. The standard InChI is InChI=1S/C13H18O5/c1-15-13-12(14)18-11(9-17-13)8-16-7-10-5-3-2-4-6-10/h2-6,11-14H,7-9H2,1H3/t11-,12?,13-/m0/s1. The average molecular weight is 254 g/mol. The van der Waals surface area contributed by atoms with Gasteiger partial charge in [-0.1, -0.05) is 30.3 Å². The number of aliphatic hydroxyl groups excluding tert-OH is 1. The quantitative estimate of drug-likeness (QED) is 0.846. The maximum Gasteiger partial charge on any atom is 0.209 e. The average Bonchev–Trinajstić information content (AvgIpc) is 2.40. The minimum Gasteiger partial charge on any atom is -0.374 e. The monoisotopic (exact) mass is 254 g/mol. The zero-order valence-corrected chi connectivity index (χ0v) is 10.3. The highest BCUT2D eigenvalue weighted by Crippen LogP contribution is 2.14. The van der Waals surface area contributed by atoms with Crippen LogP contribution in [0.25, 0.3) is 0 Å². The highest BCUT2D eigenvalue weighted by atomic mass is 16.8. The van der Waals surface area contributed by atoms with Gasteiger partial charge in [0.15, 0.2) is 0 Å². The lowest BCUT2D eigenvalue weighted by Crippen LogP contribution is -2.46. The molecule has 1 N–H and O–H groups in total. The van der Waals surface area contributed by atoms with Crippen LogP contribution in [0.2, 0.25) is 0 Å². The molecule has 1 heterocycles. The first-order chi connectivity index (χ1) is 8.79. The van der Waals surface area contributed by atoms with Gasteiger partial charge in [-0.2, -0.15) is 0 Å². The van der Waals surface area contributed by atoms with Crippen molar-refractivity contribution in [2.75, 3.05) is 20.3 Å². The van der Waals surface area contributed by atoms with Crippen LogP contribution in [0.5, 0.6) is 0 Å². The molecule has 1 aliphatic rings. The summed E-state index contributed by atoms with van der Waals surface area (Å²) in [4.78, 5) is 0.